The molecule has 0 bridgehead atoms. The Morgan fingerprint density at radius 3 is 2.46 bits per heavy atom. The number of fused-ring (bicyclic) bond motifs is 1. The molecule has 146 valence electrons. The third-order valence-corrected chi connectivity index (χ3v) is 6.41. The smallest absolute Gasteiger partial charge is 0.276 e. The van der Waals surface area contributed by atoms with Gasteiger partial charge in [-0.3, -0.25) is 9.52 Å². The van der Waals surface area contributed by atoms with Crippen LogP contribution < -0.4 is 4.72 Å². The molecule has 1 aliphatic heterocycles. The maximum absolute atomic E-state index is 13.0. The minimum absolute atomic E-state index is 0.0568. The molecule has 0 atom stereocenters. The van der Waals surface area contributed by atoms with Crippen LogP contribution in [0, 0.1) is 13.8 Å². The van der Waals surface area contributed by atoms with E-state index in [1.54, 1.807) is 4.90 Å². The second kappa shape index (κ2) is 6.94. The SMILES string of the molecule is Cc1cccc(C)c1NS(=O)(=O)c1ccc2onc(C(=O)N3CCCC3)c2c1. The summed E-state index contributed by atoms with van der Waals surface area (Å²) >= 11 is 0. The monoisotopic (exact) mass is 399 g/mol. The molecule has 1 aromatic heterocycles. The van der Waals surface area contributed by atoms with Crippen molar-refractivity contribution in [2.45, 2.75) is 31.6 Å². The van der Waals surface area contributed by atoms with Crippen molar-refractivity contribution < 1.29 is 17.7 Å². The Bertz CT molecular complexity index is 1140. The molecular weight excluding hydrogens is 378 g/mol. The molecule has 0 spiro atoms. The standard InChI is InChI=1S/C20H21N3O4S/c1-13-6-5-7-14(2)18(13)22-28(25,26)15-8-9-17-16(12-15)19(21-27-17)20(24)23-10-3-4-11-23/h5-9,12,22H,3-4,10-11H2,1-2H3. The van der Waals surface area contributed by atoms with Crippen LogP contribution in [0.5, 0.6) is 0 Å². The Hall–Kier alpha value is -2.87. The van der Waals surface area contributed by atoms with Crippen LogP contribution in [0.2, 0.25) is 0 Å². The number of hydrogen-bond acceptors (Lipinski definition) is 5. The second-order valence-corrected chi connectivity index (χ2v) is 8.74. The number of likely N-dealkylation sites (tertiary alicyclic amines) is 1. The lowest BCUT2D eigenvalue weighted by Gasteiger charge is -2.14. The van der Waals surface area contributed by atoms with Gasteiger partial charge in [-0.25, -0.2) is 8.42 Å². The van der Waals surface area contributed by atoms with Crippen molar-refractivity contribution in [1.29, 1.82) is 0 Å². The summed E-state index contributed by atoms with van der Waals surface area (Å²) in [5, 5.41) is 4.30. The fraction of sp³-hybridized carbons (Fsp3) is 0.300. The zero-order chi connectivity index (χ0) is 19.9. The predicted octanol–water partition coefficient (Wildman–Crippen LogP) is 3.48. The number of rotatable bonds is 4. The van der Waals surface area contributed by atoms with E-state index in [-0.39, 0.29) is 16.5 Å². The predicted molar refractivity (Wildman–Crippen MR) is 106 cm³/mol. The first kappa shape index (κ1) is 18.5. The summed E-state index contributed by atoms with van der Waals surface area (Å²) in [6.07, 6.45) is 1.92. The number of nitrogens with one attached hydrogen (secondary N) is 1. The summed E-state index contributed by atoms with van der Waals surface area (Å²) < 4.78 is 33.8. The summed E-state index contributed by atoms with van der Waals surface area (Å²) in [4.78, 5) is 14.5. The van der Waals surface area contributed by atoms with E-state index < -0.39 is 10.0 Å². The van der Waals surface area contributed by atoms with E-state index in [0.717, 1.165) is 24.0 Å². The molecule has 1 fully saturated rings. The van der Waals surface area contributed by atoms with Gasteiger partial charge in [-0.05, 0) is 56.0 Å². The molecule has 7 nitrogen and oxygen atoms in total. The average molecular weight is 399 g/mol. The number of anilines is 1. The van der Waals surface area contributed by atoms with Crippen molar-refractivity contribution >= 4 is 32.6 Å². The number of aryl methyl sites for hydroxylation is 2. The minimum atomic E-state index is -3.83. The van der Waals surface area contributed by atoms with Gasteiger partial charge in [0.15, 0.2) is 11.3 Å². The van der Waals surface area contributed by atoms with Gasteiger partial charge in [0.2, 0.25) is 0 Å². The number of aromatic nitrogens is 1. The van der Waals surface area contributed by atoms with Gasteiger partial charge < -0.3 is 9.42 Å². The fourth-order valence-electron chi connectivity index (χ4n) is 3.48. The quantitative estimate of drug-likeness (QED) is 0.725. The largest absolute Gasteiger partial charge is 0.355 e. The maximum Gasteiger partial charge on any atom is 0.276 e. The lowest BCUT2D eigenvalue weighted by atomic mass is 10.1. The Morgan fingerprint density at radius 1 is 1.11 bits per heavy atom. The number of carbonyl (C=O) groups excluding carboxylic acids is 1. The number of carbonyl (C=O) groups is 1. The van der Waals surface area contributed by atoms with Crippen LogP contribution in [-0.4, -0.2) is 37.5 Å². The zero-order valence-corrected chi connectivity index (χ0v) is 16.5. The van der Waals surface area contributed by atoms with Crippen molar-refractivity contribution in [3.8, 4) is 0 Å². The van der Waals surface area contributed by atoms with E-state index in [1.165, 1.54) is 18.2 Å². The van der Waals surface area contributed by atoms with E-state index >= 15 is 0 Å². The van der Waals surface area contributed by atoms with Crippen LogP contribution in [-0.2, 0) is 10.0 Å². The number of sulfonamides is 1. The van der Waals surface area contributed by atoms with Crippen LogP contribution in [0.3, 0.4) is 0 Å². The lowest BCUT2D eigenvalue weighted by Crippen LogP contribution is -2.28. The van der Waals surface area contributed by atoms with Gasteiger partial charge in [0.25, 0.3) is 15.9 Å². The summed E-state index contributed by atoms with van der Waals surface area (Å²) in [6, 6.07) is 10.0. The highest BCUT2D eigenvalue weighted by Crippen LogP contribution is 2.27. The van der Waals surface area contributed by atoms with Crippen LogP contribution >= 0.6 is 0 Å². The molecule has 0 radical (unpaired) electrons. The second-order valence-electron chi connectivity index (χ2n) is 7.06. The van der Waals surface area contributed by atoms with Crippen LogP contribution in [0.1, 0.15) is 34.5 Å². The molecule has 28 heavy (non-hydrogen) atoms. The van der Waals surface area contributed by atoms with Crippen LogP contribution in [0.25, 0.3) is 11.0 Å². The third kappa shape index (κ3) is 3.24. The first-order valence-electron chi connectivity index (χ1n) is 9.14. The van der Waals surface area contributed by atoms with Crippen molar-refractivity contribution in [3.63, 3.8) is 0 Å². The molecule has 4 rings (SSSR count). The van der Waals surface area contributed by atoms with E-state index in [9.17, 15) is 13.2 Å². The molecule has 0 unspecified atom stereocenters. The molecule has 2 aromatic carbocycles. The molecular formula is C20H21N3O4S. The molecule has 1 saturated heterocycles. The number of para-hydroxylation sites is 1. The third-order valence-electron chi connectivity index (χ3n) is 5.07. The molecule has 8 heteroatoms. The highest BCUT2D eigenvalue weighted by molar-refractivity contribution is 7.92. The Morgan fingerprint density at radius 2 is 1.79 bits per heavy atom. The van der Waals surface area contributed by atoms with Gasteiger partial charge in [0.05, 0.1) is 16.0 Å². The molecule has 1 amide bonds. The first-order chi connectivity index (χ1) is 13.4. The molecule has 0 saturated carbocycles. The molecule has 1 aliphatic rings. The van der Waals surface area contributed by atoms with E-state index in [2.05, 4.69) is 9.88 Å². The van der Waals surface area contributed by atoms with Gasteiger partial charge in [-0.15, -0.1) is 0 Å². The molecule has 1 N–H and O–H groups in total. The van der Waals surface area contributed by atoms with E-state index in [4.69, 9.17) is 4.52 Å². The summed E-state index contributed by atoms with van der Waals surface area (Å²) in [6.45, 7) is 5.06. The van der Waals surface area contributed by atoms with Crippen molar-refractivity contribution in [2.24, 2.45) is 0 Å². The molecule has 2 heterocycles. The normalized spacial score (nSPS) is 14.6. The lowest BCUT2D eigenvalue weighted by molar-refractivity contribution is 0.0784. The molecule has 0 aliphatic carbocycles. The van der Waals surface area contributed by atoms with Crippen LogP contribution in [0.15, 0.2) is 45.8 Å². The Kier molecular flexibility index (Phi) is 4.58. The van der Waals surface area contributed by atoms with Crippen molar-refractivity contribution in [3.05, 3.63) is 53.2 Å². The Labute approximate surface area is 163 Å². The summed E-state index contributed by atoms with van der Waals surface area (Å²) in [5.41, 5.74) is 2.76. The zero-order valence-electron chi connectivity index (χ0n) is 15.7. The summed E-state index contributed by atoms with van der Waals surface area (Å²) in [7, 11) is -3.83. The number of nitrogens with zero attached hydrogens (tertiary/aromatic N) is 2. The minimum Gasteiger partial charge on any atom is -0.355 e. The summed E-state index contributed by atoms with van der Waals surface area (Å²) in [5.74, 6) is -0.228. The number of amides is 1. The van der Waals surface area contributed by atoms with Crippen molar-refractivity contribution in [1.82, 2.24) is 10.1 Å². The number of hydrogen-bond donors (Lipinski definition) is 1. The topological polar surface area (TPSA) is 92.5 Å². The highest BCUT2D eigenvalue weighted by Gasteiger charge is 2.26. The maximum atomic E-state index is 13.0. The van der Waals surface area contributed by atoms with Crippen LogP contribution in [0.4, 0.5) is 5.69 Å². The van der Waals surface area contributed by atoms with Gasteiger partial charge in [-0.2, -0.15) is 0 Å². The highest BCUT2D eigenvalue weighted by atomic mass is 32.2. The number of benzene rings is 2. The van der Waals surface area contributed by atoms with Crippen molar-refractivity contribution in [2.75, 3.05) is 17.8 Å². The van der Waals surface area contributed by atoms with E-state index in [0.29, 0.717) is 29.7 Å². The van der Waals surface area contributed by atoms with Gasteiger partial charge in [-0.1, -0.05) is 23.4 Å². The first-order valence-corrected chi connectivity index (χ1v) is 10.6. The van der Waals surface area contributed by atoms with Gasteiger partial charge >= 0.3 is 0 Å². The average Bonchev–Trinajstić information content (AvgIpc) is 3.33. The van der Waals surface area contributed by atoms with Gasteiger partial charge in [0, 0.05) is 13.1 Å². The van der Waals surface area contributed by atoms with E-state index in [1.807, 2.05) is 32.0 Å². The Balaban J connectivity index is 1.72. The fourth-order valence-corrected chi connectivity index (χ4v) is 4.71. The van der Waals surface area contributed by atoms with Gasteiger partial charge in [0.1, 0.15) is 0 Å². The molecule has 3 aromatic rings.